The number of methoxy groups -OCH3 is 2. The van der Waals surface area contributed by atoms with E-state index in [4.69, 9.17) is 25.1 Å². The van der Waals surface area contributed by atoms with E-state index in [1.807, 2.05) is 0 Å². The fourth-order valence-electron chi connectivity index (χ4n) is 5.46. The number of carboxylic acids is 1. The van der Waals surface area contributed by atoms with Gasteiger partial charge in [-0.15, -0.1) is 0 Å². The van der Waals surface area contributed by atoms with Crippen LogP contribution in [0, 0.1) is 5.82 Å². The molecule has 6 N–H and O–H groups in total. The van der Waals surface area contributed by atoms with Crippen LogP contribution in [0.25, 0.3) is 20.7 Å². The summed E-state index contributed by atoms with van der Waals surface area (Å²) in [7, 11) is 2.98. The van der Waals surface area contributed by atoms with Crippen molar-refractivity contribution in [2.24, 2.45) is 5.73 Å². The number of benzene rings is 1. The minimum atomic E-state index is -5.08. The predicted molar refractivity (Wildman–Crippen MR) is 198 cm³/mol. The standard InChI is InChI=1S/C19H18F4N6O2S.C11H14N6O2S.C2HF3O2/c1-31-15-14-16(26-9-25-15)32-17(27-14)28-18(30)29-5-4-11(8-29)24-7-10-2-3-13(20)12(6-10)19(21,22)23;1-19-8-7-9(14-5-13-8)20-10(15-7)16-11(18)17-3-2-6(12)4-17;3-2(4,5)1(6)7/h2-3,6,9,11,24H,4-5,7-8H2,1H3,(H,27,28,30);5-6H,2-4,12H2,1H3,(H,15,16,18);(H,6,7)/t11-;6-;/m00./s1. The monoisotopic (exact) mass is 878 g/mol. The molecule has 0 radical (unpaired) electrons. The third-order valence-corrected chi connectivity index (χ3v) is 10.1. The highest BCUT2D eigenvalue weighted by atomic mass is 32.1. The Morgan fingerprint density at radius 2 is 1.36 bits per heavy atom. The maximum Gasteiger partial charge on any atom is 0.490 e. The number of nitrogens with two attached hydrogens (primary N) is 1. The molecule has 1 aromatic carbocycles. The SMILES string of the molecule is COc1ncnc2sc(NC(=O)N3CC[C@H](N)C3)nc12.COc1ncnc2sc(NC(=O)N3CC[C@H](NCc4ccc(F)c(C(F)(F)F)c4)C3)nc12.O=C(O)C(F)(F)F. The highest BCUT2D eigenvalue weighted by Crippen LogP contribution is 2.33. The topological polar surface area (TPSA) is 236 Å². The van der Waals surface area contributed by atoms with Crippen molar-refractivity contribution in [2.45, 2.75) is 43.8 Å². The van der Waals surface area contributed by atoms with E-state index in [1.54, 1.807) is 9.80 Å². The summed E-state index contributed by atoms with van der Waals surface area (Å²) in [5, 5.41) is 16.6. The van der Waals surface area contributed by atoms with Crippen LogP contribution in [0.4, 0.5) is 50.6 Å². The first kappa shape index (κ1) is 44.3. The van der Waals surface area contributed by atoms with Crippen molar-refractivity contribution in [3.8, 4) is 11.8 Å². The summed E-state index contributed by atoms with van der Waals surface area (Å²) < 4.78 is 94.0. The molecule has 4 aromatic heterocycles. The van der Waals surface area contributed by atoms with Crippen LogP contribution in [-0.2, 0) is 17.5 Å². The predicted octanol–water partition coefficient (Wildman–Crippen LogP) is 4.94. The summed E-state index contributed by atoms with van der Waals surface area (Å²) in [6.45, 7) is 2.20. The van der Waals surface area contributed by atoms with Gasteiger partial charge in [0.15, 0.2) is 31.0 Å². The van der Waals surface area contributed by atoms with E-state index in [2.05, 4.69) is 45.9 Å². The number of aromatic nitrogens is 6. The number of urea groups is 2. The Morgan fingerprint density at radius 1 is 0.847 bits per heavy atom. The lowest BCUT2D eigenvalue weighted by molar-refractivity contribution is -0.192. The van der Waals surface area contributed by atoms with Gasteiger partial charge < -0.3 is 35.4 Å². The molecular formula is C32H33F7N12O6S2. The molecule has 0 aliphatic carbocycles. The normalized spacial score (nSPS) is 16.6. The lowest BCUT2D eigenvalue weighted by Crippen LogP contribution is -2.37. The minimum absolute atomic E-state index is 0.0575. The Hall–Kier alpha value is -5.80. The van der Waals surface area contributed by atoms with Gasteiger partial charge in [0.2, 0.25) is 11.8 Å². The molecule has 2 aliphatic rings. The number of thiazole rings is 2. The molecule has 6 heterocycles. The molecule has 2 aliphatic heterocycles. The number of aliphatic carboxylic acids is 1. The molecule has 18 nitrogen and oxygen atoms in total. The average Bonchev–Trinajstić information content (AvgIpc) is 4.00. The second kappa shape index (κ2) is 18.9. The van der Waals surface area contributed by atoms with Gasteiger partial charge in [-0.25, -0.2) is 38.7 Å². The Kier molecular flexibility index (Phi) is 14.2. The van der Waals surface area contributed by atoms with Gasteiger partial charge in [0, 0.05) is 44.8 Å². The third kappa shape index (κ3) is 11.7. The molecule has 59 heavy (non-hydrogen) atoms. The first-order valence-electron chi connectivity index (χ1n) is 16.9. The number of fused-ring (bicyclic) bond motifs is 2. The zero-order valence-electron chi connectivity index (χ0n) is 30.6. The summed E-state index contributed by atoms with van der Waals surface area (Å²) in [6, 6.07) is 2.33. The Bertz CT molecular complexity index is 2280. The summed E-state index contributed by atoms with van der Waals surface area (Å²) >= 11 is 2.47. The number of carboxylic acid groups (broad SMARTS) is 1. The van der Waals surface area contributed by atoms with Crippen LogP contribution in [-0.4, -0.2) is 122 Å². The second-order valence-corrected chi connectivity index (χ2v) is 14.3. The number of rotatable bonds is 7. The number of anilines is 2. The summed E-state index contributed by atoms with van der Waals surface area (Å²) in [5.74, 6) is -3.35. The summed E-state index contributed by atoms with van der Waals surface area (Å²) in [4.78, 5) is 62.8. The van der Waals surface area contributed by atoms with Crippen LogP contribution in [0.5, 0.6) is 11.8 Å². The van der Waals surface area contributed by atoms with Crippen LogP contribution in [0.2, 0.25) is 0 Å². The van der Waals surface area contributed by atoms with Crippen LogP contribution < -0.4 is 31.2 Å². The fourth-order valence-corrected chi connectivity index (χ4v) is 7.04. The lowest BCUT2D eigenvalue weighted by Gasteiger charge is -2.17. The largest absolute Gasteiger partial charge is 0.490 e. The van der Waals surface area contributed by atoms with E-state index >= 15 is 0 Å². The van der Waals surface area contributed by atoms with Gasteiger partial charge in [-0.1, -0.05) is 28.7 Å². The molecule has 4 amide bonds. The number of amides is 4. The lowest BCUT2D eigenvalue weighted by atomic mass is 10.1. The van der Waals surface area contributed by atoms with Gasteiger partial charge in [-0.2, -0.15) is 36.3 Å². The number of hydrogen-bond donors (Lipinski definition) is 5. The van der Waals surface area contributed by atoms with Crippen LogP contribution >= 0.6 is 22.7 Å². The van der Waals surface area contributed by atoms with Crippen molar-refractivity contribution >= 4 is 71.7 Å². The zero-order chi connectivity index (χ0) is 43.1. The number of halogens is 7. The number of likely N-dealkylation sites (tertiary alicyclic amines) is 2. The smallest absolute Gasteiger partial charge is 0.479 e. The second-order valence-electron chi connectivity index (χ2n) is 12.4. The van der Waals surface area contributed by atoms with Crippen molar-refractivity contribution in [3.63, 3.8) is 0 Å². The number of hydrogen-bond acceptors (Lipinski definition) is 15. The van der Waals surface area contributed by atoms with Crippen LogP contribution in [0.1, 0.15) is 24.0 Å². The van der Waals surface area contributed by atoms with Gasteiger partial charge in [0.1, 0.15) is 18.5 Å². The third-order valence-electron chi connectivity index (χ3n) is 8.30. The van der Waals surface area contributed by atoms with Crippen LogP contribution in [0.15, 0.2) is 30.9 Å². The molecule has 7 rings (SSSR count). The number of nitrogens with zero attached hydrogens (tertiary/aromatic N) is 8. The van der Waals surface area contributed by atoms with Crippen molar-refractivity contribution in [1.29, 1.82) is 0 Å². The van der Waals surface area contributed by atoms with Gasteiger partial charge >= 0.3 is 30.4 Å². The molecule has 0 saturated carbocycles. The van der Waals surface area contributed by atoms with Gasteiger partial charge in [-0.05, 0) is 30.5 Å². The molecule has 0 bridgehead atoms. The molecule has 5 aromatic rings. The summed E-state index contributed by atoms with van der Waals surface area (Å²) in [6.07, 6.45) is -5.63. The Balaban J connectivity index is 0.000000207. The van der Waals surface area contributed by atoms with Crippen molar-refractivity contribution in [2.75, 3.05) is 51.0 Å². The number of ether oxygens (including phenoxy) is 2. The van der Waals surface area contributed by atoms with Gasteiger partial charge in [0.25, 0.3) is 0 Å². The summed E-state index contributed by atoms with van der Waals surface area (Å²) in [5.41, 5.74) is 5.81. The molecule has 2 fully saturated rings. The molecule has 0 unspecified atom stereocenters. The highest BCUT2D eigenvalue weighted by molar-refractivity contribution is 7.22. The molecule has 318 valence electrons. The van der Waals surface area contributed by atoms with Gasteiger partial charge in [-0.3, -0.25) is 10.6 Å². The van der Waals surface area contributed by atoms with E-state index in [-0.39, 0.29) is 30.7 Å². The highest BCUT2D eigenvalue weighted by Gasteiger charge is 2.38. The van der Waals surface area contributed by atoms with Crippen molar-refractivity contribution < 1.29 is 59.7 Å². The Labute approximate surface area is 336 Å². The number of alkyl halides is 6. The maximum absolute atomic E-state index is 13.4. The molecular weight excluding hydrogens is 846 g/mol. The zero-order valence-corrected chi connectivity index (χ0v) is 32.2. The minimum Gasteiger partial charge on any atom is -0.479 e. The van der Waals surface area contributed by atoms with E-state index in [9.17, 15) is 40.3 Å². The number of carbonyl (C=O) groups excluding carboxylic acids is 2. The molecule has 0 spiro atoms. The average molecular weight is 879 g/mol. The number of nitrogens with one attached hydrogen (secondary N) is 3. The molecule has 27 heteroatoms. The van der Waals surface area contributed by atoms with E-state index < -0.39 is 29.7 Å². The van der Waals surface area contributed by atoms with E-state index in [0.717, 1.165) is 18.6 Å². The fraction of sp³-hybridized carbons (Fsp3) is 0.406. The first-order chi connectivity index (χ1) is 27.9. The van der Waals surface area contributed by atoms with E-state index in [0.29, 0.717) is 80.9 Å². The molecule has 2 saturated heterocycles. The Morgan fingerprint density at radius 3 is 1.81 bits per heavy atom. The van der Waals surface area contributed by atoms with Crippen molar-refractivity contribution in [3.05, 3.63) is 47.8 Å². The van der Waals surface area contributed by atoms with Crippen LogP contribution in [0.3, 0.4) is 0 Å². The van der Waals surface area contributed by atoms with Crippen molar-refractivity contribution in [1.82, 2.24) is 45.0 Å². The number of carbonyl (C=O) groups is 3. The first-order valence-corrected chi connectivity index (χ1v) is 18.6. The molecule has 2 atom stereocenters. The van der Waals surface area contributed by atoms with E-state index in [1.165, 1.54) is 55.6 Å². The quantitative estimate of drug-likeness (QED) is 0.136. The van der Waals surface area contributed by atoms with Gasteiger partial charge in [0.05, 0.1) is 19.8 Å². The maximum atomic E-state index is 13.4.